The largest absolute Gasteiger partial charge is 0.355 e. The zero-order valence-corrected chi connectivity index (χ0v) is 38.9. The van der Waals surface area contributed by atoms with Crippen molar-refractivity contribution >= 4 is 63.7 Å². The van der Waals surface area contributed by atoms with Gasteiger partial charge in [-0.2, -0.15) is 0 Å². The van der Waals surface area contributed by atoms with Gasteiger partial charge in [0.1, 0.15) is 0 Å². The van der Waals surface area contributed by atoms with Crippen LogP contribution in [0.5, 0.6) is 0 Å². The summed E-state index contributed by atoms with van der Waals surface area (Å²) < 4.78 is 0. The van der Waals surface area contributed by atoms with Gasteiger partial charge in [-0.05, 0) is 168 Å². The van der Waals surface area contributed by atoms with Gasteiger partial charge in [0, 0.05) is 51.1 Å². The van der Waals surface area contributed by atoms with Gasteiger partial charge in [0.2, 0.25) is 0 Å². The summed E-state index contributed by atoms with van der Waals surface area (Å²) in [7, 11) is 2.42. The van der Waals surface area contributed by atoms with Gasteiger partial charge >= 0.3 is 0 Å². The summed E-state index contributed by atoms with van der Waals surface area (Å²) in [6, 6.07) is 83.6. The van der Waals surface area contributed by atoms with E-state index in [1.807, 2.05) is 0 Å². The second-order valence-corrected chi connectivity index (χ2v) is 17.9. The Balaban J connectivity index is 1.19. The van der Waals surface area contributed by atoms with Gasteiger partial charge < -0.3 is 15.1 Å². The highest BCUT2D eigenvalue weighted by Gasteiger charge is 2.31. The van der Waals surface area contributed by atoms with Crippen LogP contribution in [0.4, 0.5) is 45.5 Å². The highest BCUT2D eigenvalue weighted by atomic mass is 15.2. The van der Waals surface area contributed by atoms with Gasteiger partial charge in [0.05, 0.1) is 0 Å². The highest BCUT2D eigenvalue weighted by Crippen LogP contribution is 2.46. The molecule has 0 atom stereocenters. The van der Waals surface area contributed by atoms with Crippen LogP contribution in [0.15, 0.2) is 231 Å². The van der Waals surface area contributed by atoms with E-state index in [1.165, 1.54) is 55.6 Å². The van der Waals surface area contributed by atoms with Gasteiger partial charge in [0.15, 0.2) is 7.28 Å². The van der Waals surface area contributed by atoms with E-state index in [9.17, 15) is 0 Å². The van der Waals surface area contributed by atoms with Crippen molar-refractivity contribution in [3.8, 4) is 44.5 Å². The Labute approximate surface area is 401 Å². The van der Waals surface area contributed by atoms with Crippen LogP contribution >= 0.6 is 0 Å². The Bertz CT molecular complexity index is 3360. The smallest absolute Gasteiger partial charge is 0.197 e. The molecular formula is C64H51BN3. The second kappa shape index (κ2) is 18.2. The van der Waals surface area contributed by atoms with Crippen LogP contribution in [0.3, 0.4) is 0 Å². The minimum atomic E-state index is 1.01. The van der Waals surface area contributed by atoms with Gasteiger partial charge in [-0.25, -0.2) is 0 Å². The molecule has 0 unspecified atom stereocenters. The number of hydrogen-bond acceptors (Lipinski definition) is 3. The third kappa shape index (κ3) is 8.16. The number of fused-ring (bicyclic) bond motifs is 2. The van der Waals surface area contributed by atoms with E-state index in [0.717, 1.165) is 67.6 Å². The average molecular weight is 873 g/mol. The van der Waals surface area contributed by atoms with Crippen LogP contribution in [0.1, 0.15) is 22.3 Å². The minimum Gasteiger partial charge on any atom is -0.355 e. The molecule has 10 aromatic carbocycles. The Morgan fingerprint density at radius 1 is 0.382 bits per heavy atom. The molecule has 1 radical (unpaired) electrons. The molecular weight excluding hydrogens is 822 g/mol. The number of rotatable bonds is 10. The lowest BCUT2D eigenvalue weighted by Crippen LogP contribution is -2.41. The van der Waals surface area contributed by atoms with Gasteiger partial charge in [0.25, 0.3) is 0 Å². The summed E-state index contributed by atoms with van der Waals surface area (Å²) in [6.07, 6.45) is 0. The third-order valence-corrected chi connectivity index (χ3v) is 13.3. The van der Waals surface area contributed by atoms with Crippen LogP contribution in [0.25, 0.3) is 44.5 Å². The quantitative estimate of drug-likeness (QED) is 0.138. The maximum absolute atomic E-state index is 3.94. The molecule has 1 heterocycles. The molecule has 1 aliphatic rings. The zero-order chi connectivity index (χ0) is 46.1. The first-order chi connectivity index (χ1) is 33.4. The fourth-order valence-corrected chi connectivity index (χ4v) is 10.1. The van der Waals surface area contributed by atoms with Crippen molar-refractivity contribution in [2.75, 3.05) is 15.1 Å². The first kappa shape index (κ1) is 42.3. The van der Waals surface area contributed by atoms with Crippen LogP contribution in [-0.2, 0) is 0 Å². The topological polar surface area (TPSA) is 18.5 Å². The van der Waals surface area contributed by atoms with Crippen molar-refractivity contribution in [3.05, 3.63) is 253 Å². The van der Waals surface area contributed by atoms with E-state index < -0.39 is 0 Å². The molecule has 3 nitrogen and oxygen atoms in total. The molecule has 10 aromatic rings. The van der Waals surface area contributed by atoms with Crippen LogP contribution in [0, 0.1) is 27.7 Å². The van der Waals surface area contributed by atoms with Gasteiger partial charge in [-0.3, -0.25) is 0 Å². The molecule has 4 heteroatoms. The Kier molecular flexibility index (Phi) is 11.3. The normalized spacial score (nSPS) is 11.6. The third-order valence-electron chi connectivity index (χ3n) is 13.3. The van der Waals surface area contributed by atoms with E-state index in [2.05, 4.69) is 281 Å². The molecule has 1 aliphatic heterocycles. The lowest BCUT2D eigenvalue weighted by molar-refractivity contribution is 1.26. The molecule has 68 heavy (non-hydrogen) atoms. The predicted molar refractivity (Wildman–Crippen MR) is 291 cm³/mol. The molecule has 1 N–H and O–H groups in total. The first-order valence-electron chi connectivity index (χ1n) is 23.5. The monoisotopic (exact) mass is 872 g/mol. The summed E-state index contributed by atoms with van der Waals surface area (Å²) >= 11 is 0. The fraction of sp³-hybridized carbons (Fsp3) is 0.0625. The van der Waals surface area contributed by atoms with Gasteiger partial charge in [-0.15, -0.1) is 0 Å². The van der Waals surface area contributed by atoms with Crippen molar-refractivity contribution < 1.29 is 0 Å². The van der Waals surface area contributed by atoms with Crippen molar-refractivity contribution in [2.45, 2.75) is 27.7 Å². The summed E-state index contributed by atoms with van der Waals surface area (Å²) in [5.74, 6) is 0. The molecule has 0 spiro atoms. The van der Waals surface area contributed by atoms with Crippen LogP contribution in [-0.4, -0.2) is 7.28 Å². The molecule has 11 rings (SSSR count). The zero-order valence-electron chi connectivity index (χ0n) is 38.9. The Morgan fingerprint density at radius 2 is 0.926 bits per heavy atom. The average Bonchev–Trinajstić information content (AvgIpc) is 3.37. The van der Waals surface area contributed by atoms with E-state index in [-0.39, 0.29) is 0 Å². The predicted octanol–water partition coefficient (Wildman–Crippen LogP) is 16.2. The Hall–Kier alpha value is -8.34. The lowest BCUT2D eigenvalue weighted by atomic mass is 9.57. The lowest BCUT2D eigenvalue weighted by Gasteiger charge is -2.37. The van der Waals surface area contributed by atoms with E-state index in [1.54, 1.807) is 0 Å². The molecule has 0 aliphatic carbocycles. The number of hydrogen-bond donors (Lipinski definition) is 1. The molecule has 0 aromatic heterocycles. The molecule has 0 saturated carbocycles. The maximum atomic E-state index is 3.94. The van der Waals surface area contributed by atoms with Crippen LogP contribution in [0.2, 0.25) is 0 Å². The van der Waals surface area contributed by atoms with E-state index in [0.29, 0.717) is 0 Å². The molecule has 325 valence electrons. The van der Waals surface area contributed by atoms with Crippen molar-refractivity contribution in [2.24, 2.45) is 0 Å². The SMILES string of the molecule is Cc1cc(C)c(-c2cc(-c3cc(N(c4ccccc4)c4ccccc4)ccc3Nc3ccc(-c4ccccc4)cc3)c3c(c2)N(c2ccccc2C)c2cc(-c4ccccc4)ccc2[B]3)c(C)c1. The van der Waals surface area contributed by atoms with Crippen LogP contribution < -0.4 is 26.0 Å². The maximum Gasteiger partial charge on any atom is 0.197 e. The molecule has 0 amide bonds. The molecule has 0 fully saturated rings. The second-order valence-electron chi connectivity index (χ2n) is 17.9. The number of aryl methyl sites for hydroxylation is 4. The fourth-order valence-electron chi connectivity index (χ4n) is 10.1. The first-order valence-corrected chi connectivity index (χ1v) is 23.5. The summed E-state index contributed by atoms with van der Waals surface area (Å²) in [5.41, 5.74) is 25.4. The summed E-state index contributed by atoms with van der Waals surface area (Å²) in [5, 5.41) is 3.94. The minimum absolute atomic E-state index is 1.01. The number of nitrogens with zero attached hydrogens (tertiary/aromatic N) is 2. The van der Waals surface area contributed by atoms with Gasteiger partial charge in [-0.1, -0.05) is 163 Å². The Morgan fingerprint density at radius 3 is 1.56 bits per heavy atom. The van der Waals surface area contributed by atoms with E-state index in [4.69, 9.17) is 0 Å². The van der Waals surface area contributed by atoms with Crippen molar-refractivity contribution in [1.29, 1.82) is 0 Å². The van der Waals surface area contributed by atoms with Crippen molar-refractivity contribution in [3.63, 3.8) is 0 Å². The van der Waals surface area contributed by atoms with E-state index >= 15 is 0 Å². The molecule has 0 saturated heterocycles. The van der Waals surface area contributed by atoms with Crippen molar-refractivity contribution in [1.82, 2.24) is 0 Å². The molecule has 0 bridgehead atoms. The number of benzene rings is 10. The highest BCUT2D eigenvalue weighted by molar-refractivity contribution is 6.73. The summed E-state index contributed by atoms with van der Waals surface area (Å²) in [4.78, 5) is 4.87. The number of para-hydroxylation sites is 3. The standard InChI is InChI=1S/C64H51BN3/c1-43-37-45(3)63(46(4)38-43)51-39-57(64-62(41-51)68(60-28-18-17-19-44(60)2)61-40-50(31-35-58(61)65-64)48-22-11-6-12-23-48)56-42-55(67(53-24-13-7-14-25-53)54-26-15-8-16-27-54)34-36-59(56)66-52-32-29-49(30-33-52)47-20-9-5-10-21-47/h5-42,66H,1-4H3. The summed E-state index contributed by atoms with van der Waals surface area (Å²) in [6.45, 7) is 8.93. The number of nitrogens with one attached hydrogen (secondary N) is 1. The number of anilines is 8.